The molecule has 0 bridgehead atoms. The van der Waals surface area contributed by atoms with Crippen LogP contribution in [0, 0.1) is 0 Å². The predicted octanol–water partition coefficient (Wildman–Crippen LogP) is 5.30. The lowest BCUT2D eigenvalue weighted by Gasteiger charge is -1.94. The van der Waals surface area contributed by atoms with Gasteiger partial charge in [-0.05, 0) is 28.8 Å². The zero-order valence-electron chi connectivity index (χ0n) is 13.6. The number of aromatic amines is 1. The smallest absolute Gasteiger partial charge is 0.178 e. The number of hydrogen-bond donors (Lipinski definition) is 1. The van der Waals surface area contributed by atoms with Crippen LogP contribution in [0.15, 0.2) is 72.9 Å². The van der Waals surface area contributed by atoms with Crippen LogP contribution < -0.4 is 0 Å². The molecular weight excluding hydrogens is 306 g/mol. The van der Waals surface area contributed by atoms with E-state index in [1.807, 2.05) is 54.7 Å². The Morgan fingerprint density at radius 1 is 0.680 bits per heavy atom. The summed E-state index contributed by atoms with van der Waals surface area (Å²) in [6, 6.07) is 22.4. The number of H-pyrrole nitrogens is 1. The summed E-state index contributed by atoms with van der Waals surface area (Å²) in [7, 11) is 0. The normalized spacial score (nSPS) is 11.7. The monoisotopic (exact) mass is 323 g/mol. The highest BCUT2D eigenvalue weighted by Gasteiger charge is 2.02. The maximum Gasteiger partial charge on any atom is 0.178 e. The average molecular weight is 323 g/mol. The van der Waals surface area contributed by atoms with E-state index < -0.39 is 0 Å². The number of benzene rings is 2. The van der Waals surface area contributed by atoms with Crippen LogP contribution in [0.4, 0.5) is 0 Å². The SMILES string of the molecule is C(=Cc1cnc2nc(C=Cc3ccccc3)[nH]c2c1)c1ccccc1. The molecule has 0 atom stereocenters. The van der Waals surface area contributed by atoms with Crippen molar-refractivity contribution in [2.75, 3.05) is 0 Å². The van der Waals surface area contributed by atoms with E-state index in [-0.39, 0.29) is 0 Å². The molecule has 120 valence electrons. The van der Waals surface area contributed by atoms with Crippen molar-refractivity contribution in [2.24, 2.45) is 0 Å². The molecule has 3 heteroatoms. The first kappa shape index (κ1) is 15.1. The first-order valence-electron chi connectivity index (χ1n) is 8.19. The Labute approximate surface area is 146 Å². The van der Waals surface area contributed by atoms with Crippen molar-refractivity contribution in [3.05, 3.63) is 95.4 Å². The van der Waals surface area contributed by atoms with Gasteiger partial charge in [0, 0.05) is 6.20 Å². The second-order valence-electron chi connectivity index (χ2n) is 5.75. The van der Waals surface area contributed by atoms with Crippen molar-refractivity contribution in [3.63, 3.8) is 0 Å². The predicted molar refractivity (Wildman–Crippen MR) is 105 cm³/mol. The summed E-state index contributed by atoms with van der Waals surface area (Å²) in [5, 5.41) is 0. The van der Waals surface area contributed by atoms with Gasteiger partial charge in [-0.1, -0.05) is 78.9 Å². The molecule has 0 saturated carbocycles. The first-order chi connectivity index (χ1) is 12.4. The fourth-order valence-corrected chi connectivity index (χ4v) is 2.60. The highest BCUT2D eigenvalue weighted by Crippen LogP contribution is 2.15. The number of rotatable bonds is 4. The van der Waals surface area contributed by atoms with Crippen LogP contribution in [0.2, 0.25) is 0 Å². The second kappa shape index (κ2) is 6.97. The zero-order chi connectivity index (χ0) is 16.9. The van der Waals surface area contributed by atoms with Crippen molar-refractivity contribution in [1.29, 1.82) is 0 Å². The van der Waals surface area contributed by atoms with Crippen molar-refractivity contribution < 1.29 is 0 Å². The number of aromatic nitrogens is 3. The Hall–Kier alpha value is -3.46. The number of nitrogens with one attached hydrogen (secondary N) is 1. The lowest BCUT2D eigenvalue weighted by Crippen LogP contribution is -1.79. The quantitative estimate of drug-likeness (QED) is 0.554. The Balaban J connectivity index is 1.57. The van der Waals surface area contributed by atoms with E-state index in [1.165, 1.54) is 5.56 Å². The number of nitrogens with zero attached hydrogens (tertiary/aromatic N) is 2. The minimum Gasteiger partial charge on any atom is -0.337 e. The molecule has 3 nitrogen and oxygen atoms in total. The van der Waals surface area contributed by atoms with E-state index in [9.17, 15) is 0 Å². The molecule has 4 rings (SSSR count). The molecule has 0 spiro atoms. The van der Waals surface area contributed by atoms with E-state index in [0.29, 0.717) is 0 Å². The molecule has 4 aromatic rings. The Kier molecular flexibility index (Phi) is 4.21. The van der Waals surface area contributed by atoms with Gasteiger partial charge in [-0.25, -0.2) is 9.97 Å². The molecule has 0 aliphatic carbocycles. The van der Waals surface area contributed by atoms with E-state index in [4.69, 9.17) is 0 Å². The fraction of sp³-hybridized carbons (Fsp3) is 0. The lowest BCUT2D eigenvalue weighted by atomic mass is 10.1. The molecule has 0 saturated heterocycles. The molecule has 25 heavy (non-hydrogen) atoms. The number of imidazole rings is 1. The largest absolute Gasteiger partial charge is 0.337 e. The molecule has 0 amide bonds. The van der Waals surface area contributed by atoms with Gasteiger partial charge in [0.2, 0.25) is 0 Å². The van der Waals surface area contributed by atoms with E-state index in [2.05, 4.69) is 57.4 Å². The minimum atomic E-state index is 0.726. The van der Waals surface area contributed by atoms with E-state index in [1.54, 1.807) is 0 Å². The molecule has 0 aliphatic rings. The van der Waals surface area contributed by atoms with Gasteiger partial charge in [-0.2, -0.15) is 0 Å². The third-order valence-electron chi connectivity index (χ3n) is 3.88. The Bertz CT molecular complexity index is 981. The molecule has 2 aromatic carbocycles. The second-order valence-corrected chi connectivity index (χ2v) is 5.75. The summed E-state index contributed by atoms with van der Waals surface area (Å²) in [5.41, 5.74) is 5.01. The van der Waals surface area contributed by atoms with Crippen LogP contribution in [-0.2, 0) is 0 Å². The standard InChI is InChI=1S/C22H17N3/c1-3-7-17(8-4-1)11-12-19-15-20-22(23-16-19)25-21(24-20)14-13-18-9-5-2-6-10-18/h1-16H,(H,23,24,25). The average Bonchev–Trinajstić information content (AvgIpc) is 3.08. The third kappa shape index (κ3) is 3.72. The van der Waals surface area contributed by atoms with Crippen LogP contribution in [0.1, 0.15) is 22.5 Å². The Morgan fingerprint density at radius 3 is 1.96 bits per heavy atom. The number of pyridine rings is 1. The summed E-state index contributed by atoms with van der Waals surface area (Å²) < 4.78 is 0. The van der Waals surface area contributed by atoms with Gasteiger partial charge in [0.15, 0.2) is 5.65 Å². The maximum absolute atomic E-state index is 4.51. The van der Waals surface area contributed by atoms with Gasteiger partial charge < -0.3 is 4.98 Å². The summed E-state index contributed by atoms with van der Waals surface area (Å²) in [6.45, 7) is 0. The first-order valence-corrected chi connectivity index (χ1v) is 8.19. The van der Waals surface area contributed by atoms with Gasteiger partial charge in [-0.15, -0.1) is 0 Å². The summed E-state index contributed by atoms with van der Waals surface area (Å²) in [4.78, 5) is 12.3. The highest BCUT2D eigenvalue weighted by atomic mass is 15.0. The maximum atomic E-state index is 4.51. The van der Waals surface area contributed by atoms with Gasteiger partial charge in [0.05, 0.1) is 5.52 Å². The molecule has 0 fully saturated rings. The third-order valence-corrected chi connectivity index (χ3v) is 3.88. The van der Waals surface area contributed by atoms with Crippen LogP contribution in [0.5, 0.6) is 0 Å². The topological polar surface area (TPSA) is 41.6 Å². The van der Waals surface area contributed by atoms with Crippen molar-refractivity contribution in [3.8, 4) is 0 Å². The van der Waals surface area contributed by atoms with Crippen molar-refractivity contribution in [2.45, 2.75) is 0 Å². The van der Waals surface area contributed by atoms with Crippen LogP contribution >= 0.6 is 0 Å². The van der Waals surface area contributed by atoms with Gasteiger partial charge in [0.1, 0.15) is 5.82 Å². The van der Waals surface area contributed by atoms with Gasteiger partial charge in [-0.3, -0.25) is 0 Å². The fourth-order valence-electron chi connectivity index (χ4n) is 2.60. The van der Waals surface area contributed by atoms with E-state index in [0.717, 1.165) is 28.1 Å². The molecule has 2 aromatic heterocycles. The van der Waals surface area contributed by atoms with Gasteiger partial charge in [0.25, 0.3) is 0 Å². The summed E-state index contributed by atoms with van der Waals surface area (Å²) in [5.74, 6) is 0.801. The molecule has 0 radical (unpaired) electrons. The molecule has 1 N–H and O–H groups in total. The van der Waals surface area contributed by atoms with Gasteiger partial charge >= 0.3 is 0 Å². The molecular formula is C22H17N3. The Morgan fingerprint density at radius 2 is 1.28 bits per heavy atom. The zero-order valence-corrected chi connectivity index (χ0v) is 13.6. The summed E-state index contributed by atoms with van der Waals surface area (Å²) in [6.07, 6.45) is 9.98. The molecule has 2 heterocycles. The molecule has 0 aliphatic heterocycles. The van der Waals surface area contributed by atoms with Crippen molar-refractivity contribution >= 4 is 35.5 Å². The molecule has 0 unspecified atom stereocenters. The van der Waals surface area contributed by atoms with E-state index >= 15 is 0 Å². The lowest BCUT2D eigenvalue weighted by molar-refractivity contribution is 1.27. The summed E-state index contributed by atoms with van der Waals surface area (Å²) >= 11 is 0. The minimum absolute atomic E-state index is 0.726. The van der Waals surface area contributed by atoms with Crippen LogP contribution in [0.25, 0.3) is 35.5 Å². The number of hydrogen-bond acceptors (Lipinski definition) is 2. The van der Waals surface area contributed by atoms with Crippen LogP contribution in [-0.4, -0.2) is 15.0 Å². The van der Waals surface area contributed by atoms with Crippen LogP contribution in [0.3, 0.4) is 0 Å². The highest BCUT2D eigenvalue weighted by molar-refractivity contribution is 5.79. The number of fused-ring (bicyclic) bond motifs is 1. The van der Waals surface area contributed by atoms with Crippen molar-refractivity contribution in [1.82, 2.24) is 15.0 Å².